The molecule has 168 valence electrons. The van der Waals surface area contributed by atoms with Crippen molar-refractivity contribution in [2.75, 3.05) is 38.7 Å². The van der Waals surface area contributed by atoms with E-state index in [1.165, 1.54) is 10.6 Å². The van der Waals surface area contributed by atoms with E-state index < -0.39 is 0 Å². The number of rotatable bonds is 8. The monoisotopic (exact) mass is 444 g/mol. The van der Waals surface area contributed by atoms with E-state index in [2.05, 4.69) is 45.5 Å². The minimum absolute atomic E-state index is 0.0503. The van der Waals surface area contributed by atoms with Gasteiger partial charge in [-0.05, 0) is 62.8 Å². The van der Waals surface area contributed by atoms with Gasteiger partial charge in [0.15, 0.2) is 0 Å². The van der Waals surface area contributed by atoms with Gasteiger partial charge in [0, 0.05) is 37.5 Å². The molecule has 31 heavy (non-hydrogen) atoms. The number of nitrogens with one attached hydrogen (secondary N) is 2. The molecule has 2 N–H and O–H groups in total. The van der Waals surface area contributed by atoms with Crippen LogP contribution in [0.2, 0.25) is 0 Å². The number of ether oxygens (including phenoxy) is 1. The number of aryl methyl sites for hydroxylation is 2. The lowest BCUT2D eigenvalue weighted by atomic mass is 9.95. The normalized spacial score (nSPS) is 18.7. The molecular formula is C23H32N4O3S. The highest BCUT2D eigenvalue weighted by atomic mass is 32.1. The van der Waals surface area contributed by atoms with Gasteiger partial charge in [-0.3, -0.25) is 14.5 Å². The molecule has 3 heterocycles. The largest absolute Gasteiger partial charge is 0.383 e. The maximum Gasteiger partial charge on any atom is 0.254 e. The second-order valence-electron chi connectivity index (χ2n) is 8.38. The summed E-state index contributed by atoms with van der Waals surface area (Å²) < 4.78 is 7.19. The fraction of sp³-hybridized carbons (Fsp3) is 0.565. The molecule has 1 atom stereocenters. The summed E-state index contributed by atoms with van der Waals surface area (Å²) in [5.74, 6) is -0.166. The van der Waals surface area contributed by atoms with Crippen molar-refractivity contribution in [2.24, 2.45) is 7.05 Å². The van der Waals surface area contributed by atoms with Crippen molar-refractivity contribution in [1.29, 1.82) is 0 Å². The maximum atomic E-state index is 13.0. The number of fused-ring (bicyclic) bond motifs is 1. The van der Waals surface area contributed by atoms with E-state index in [1.807, 2.05) is 0 Å². The summed E-state index contributed by atoms with van der Waals surface area (Å²) >= 11 is 1.57. The van der Waals surface area contributed by atoms with Gasteiger partial charge in [-0.1, -0.05) is 0 Å². The smallest absolute Gasteiger partial charge is 0.254 e. The first-order chi connectivity index (χ1) is 15.1. The molecule has 0 saturated carbocycles. The molecule has 2 aromatic rings. The number of hydrogen-bond acceptors (Lipinski definition) is 5. The van der Waals surface area contributed by atoms with Crippen LogP contribution in [-0.2, 0) is 29.4 Å². The second kappa shape index (κ2) is 9.97. The minimum Gasteiger partial charge on any atom is -0.383 e. The number of carbonyl (C=O) groups excluding carboxylic acids is 2. The Morgan fingerprint density at radius 2 is 2.10 bits per heavy atom. The summed E-state index contributed by atoms with van der Waals surface area (Å²) in [4.78, 5) is 29.4. The third-order valence-corrected chi connectivity index (χ3v) is 7.49. The van der Waals surface area contributed by atoms with Crippen molar-refractivity contribution in [3.8, 4) is 0 Å². The average Bonchev–Trinajstić information content (AvgIpc) is 3.46. The van der Waals surface area contributed by atoms with Gasteiger partial charge in [0.05, 0.1) is 24.8 Å². The highest BCUT2D eigenvalue weighted by molar-refractivity contribution is 7.17. The van der Waals surface area contributed by atoms with Crippen molar-refractivity contribution in [3.63, 3.8) is 0 Å². The van der Waals surface area contributed by atoms with Crippen LogP contribution in [0.3, 0.4) is 0 Å². The van der Waals surface area contributed by atoms with E-state index >= 15 is 0 Å². The van der Waals surface area contributed by atoms with Gasteiger partial charge in [-0.15, -0.1) is 11.3 Å². The molecule has 1 fully saturated rings. The van der Waals surface area contributed by atoms with Gasteiger partial charge in [0.25, 0.3) is 5.91 Å². The summed E-state index contributed by atoms with van der Waals surface area (Å²) in [6.07, 6.45) is 8.30. The highest BCUT2D eigenvalue weighted by Crippen LogP contribution is 2.38. The predicted octanol–water partition coefficient (Wildman–Crippen LogP) is 3.12. The Kier molecular flexibility index (Phi) is 7.09. The molecule has 2 aromatic heterocycles. The van der Waals surface area contributed by atoms with Crippen LogP contribution < -0.4 is 10.6 Å². The van der Waals surface area contributed by atoms with Crippen molar-refractivity contribution < 1.29 is 14.3 Å². The third kappa shape index (κ3) is 4.86. The van der Waals surface area contributed by atoms with Crippen LogP contribution in [0.15, 0.2) is 18.3 Å². The summed E-state index contributed by atoms with van der Waals surface area (Å²) in [5, 5.41) is 6.71. The lowest BCUT2D eigenvalue weighted by Crippen LogP contribution is -2.34. The summed E-state index contributed by atoms with van der Waals surface area (Å²) in [6, 6.07) is 4.45. The fourth-order valence-electron chi connectivity index (χ4n) is 4.77. The molecule has 2 aliphatic rings. The zero-order valence-electron chi connectivity index (χ0n) is 18.4. The van der Waals surface area contributed by atoms with Crippen molar-refractivity contribution in [1.82, 2.24) is 14.8 Å². The molecule has 0 spiro atoms. The fourth-order valence-corrected chi connectivity index (χ4v) is 6.07. The third-order valence-electron chi connectivity index (χ3n) is 6.28. The van der Waals surface area contributed by atoms with E-state index in [1.54, 1.807) is 18.4 Å². The first-order valence-electron chi connectivity index (χ1n) is 11.1. The Hall–Kier alpha value is -2.16. The molecule has 7 nitrogen and oxygen atoms in total. The van der Waals surface area contributed by atoms with E-state index in [9.17, 15) is 9.59 Å². The maximum absolute atomic E-state index is 13.0. The topological polar surface area (TPSA) is 75.6 Å². The summed E-state index contributed by atoms with van der Waals surface area (Å²) in [6.45, 7) is 2.17. The van der Waals surface area contributed by atoms with Gasteiger partial charge in [-0.25, -0.2) is 0 Å². The Morgan fingerprint density at radius 1 is 1.26 bits per heavy atom. The lowest BCUT2D eigenvalue weighted by Gasteiger charge is -2.24. The quantitative estimate of drug-likeness (QED) is 0.614. The van der Waals surface area contributed by atoms with Crippen LogP contribution in [0.4, 0.5) is 5.00 Å². The molecule has 8 heteroatoms. The Morgan fingerprint density at radius 3 is 2.87 bits per heavy atom. The van der Waals surface area contributed by atoms with Gasteiger partial charge >= 0.3 is 0 Å². The van der Waals surface area contributed by atoms with Crippen molar-refractivity contribution >= 4 is 28.2 Å². The number of hydrogen-bond donors (Lipinski definition) is 2. The number of aromatic nitrogens is 1. The van der Waals surface area contributed by atoms with Crippen LogP contribution in [0, 0.1) is 0 Å². The molecule has 0 bridgehead atoms. The number of likely N-dealkylation sites (tertiary alicyclic amines) is 1. The molecular weight excluding hydrogens is 412 g/mol. The number of thiophene rings is 1. The number of methoxy groups -OCH3 is 1. The number of amides is 2. The lowest BCUT2D eigenvalue weighted by molar-refractivity contribution is -0.117. The van der Waals surface area contributed by atoms with E-state index in [-0.39, 0.29) is 17.9 Å². The van der Waals surface area contributed by atoms with E-state index in [0.717, 1.165) is 50.6 Å². The zero-order chi connectivity index (χ0) is 21.8. The zero-order valence-corrected chi connectivity index (χ0v) is 19.2. The predicted molar refractivity (Wildman–Crippen MR) is 123 cm³/mol. The summed E-state index contributed by atoms with van der Waals surface area (Å²) in [5.41, 5.74) is 3.02. The van der Waals surface area contributed by atoms with Crippen LogP contribution in [-0.4, -0.2) is 54.6 Å². The second-order valence-corrected chi connectivity index (χ2v) is 9.49. The van der Waals surface area contributed by atoms with Crippen LogP contribution in [0.5, 0.6) is 0 Å². The van der Waals surface area contributed by atoms with E-state index in [0.29, 0.717) is 30.3 Å². The van der Waals surface area contributed by atoms with Crippen LogP contribution >= 0.6 is 11.3 Å². The van der Waals surface area contributed by atoms with E-state index in [4.69, 9.17) is 4.74 Å². The number of nitrogens with zero attached hydrogens (tertiary/aromatic N) is 2. The Bertz CT molecular complexity index is 935. The Labute approximate surface area is 187 Å². The number of anilines is 1. The first kappa shape index (κ1) is 22.0. The SMILES string of the molecule is COCCNC(=O)c1c(NC(=O)CN2CCC[C@H]2c2cccn2C)sc2c1CCCC2. The Balaban J connectivity index is 1.48. The van der Waals surface area contributed by atoms with Gasteiger partial charge in [-0.2, -0.15) is 0 Å². The highest BCUT2D eigenvalue weighted by Gasteiger charge is 2.30. The minimum atomic E-state index is -0.116. The summed E-state index contributed by atoms with van der Waals surface area (Å²) in [7, 11) is 3.67. The molecule has 4 rings (SSSR count). The molecule has 0 aromatic carbocycles. The van der Waals surface area contributed by atoms with Gasteiger partial charge in [0.2, 0.25) is 5.91 Å². The standard InChI is InChI=1S/C23H32N4O3S/c1-26-12-5-8-17(26)18-9-6-13-27(18)15-20(28)25-23-21(22(29)24-11-14-30-2)16-7-3-4-10-19(16)31-23/h5,8,12,18H,3-4,6-7,9-11,13-15H2,1-2H3,(H,24,29)(H,25,28)/t18-/m0/s1. The molecule has 1 saturated heterocycles. The van der Waals surface area contributed by atoms with Crippen LogP contribution in [0.1, 0.15) is 58.2 Å². The molecule has 1 aliphatic heterocycles. The molecule has 1 aliphatic carbocycles. The molecule has 0 unspecified atom stereocenters. The van der Waals surface area contributed by atoms with Gasteiger partial charge in [0.1, 0.15) is 5.00 Å². The average molecular weight is 445 g/mol. The van der Waals surface area contributed by atoms with Crippen molar-refractivity contribution in [2.45, 2.75) is 44.6 Å². The molecule has 2 amide bonds. The first-order valence-corrected chi connectivity index (χ1v) is 12.0. The van der Waals surface area contributed by atoms with Gasteiger partial charge < -0.3 is 19.9 Å². The van der Waals surface area contributed by atoms with Crippen molar-refractivity contribution in [3.05, 3.63) is 40.0 Å². The molecule has 0 radical (unpaired) electrons. The van der Waals surface area contributed by atoms with Crippen LogP contribution in [0.25, 0.3) is 0 Å². The number of carbonyl (C=O) groups is 2.